The topological polar surface area (TPSA) is 77.2 Å². The van der Waals surface area contributed by atoms with Gasteiger partial charge in [-0.15, -0.1) is 0 Å². The first kappa shape index (κ1) is 11.2. The third-order valence-electron chi connectivity index (χ3n) is 3.30. The number of rotatable bonds is 2. The Morgan fingerprint density at radius 1 is 1.56 bits per heavy atom. The minimum atomic E-state index is -0.905. The van der Waals surface area contributed by atoms with Crippen LogP contribution in [-0.2, 0) is 16.6 Å². The molecule has 18 heavy (non-hydrogen) atoms. The molecule has 0 aromatic carbocycles. The van der Waals surface area contributed by atoms with Crippen LogP contribution in [0.5, 0.6) is 0 Å². The molecule has 94 valence electrons. The third-order valence-corrected chi connectivity index (χ3v) is 3.30. The number of nitrogens with zero attached hydrogens (tertiary/aromatic N) is 3. The molecule has 0 amide bonds. The highest BCUT2D eigenvalue weighted by Gasteiger charge is 2.33. The maximum absolute atomic E-state index is 10.9. The molecule has 1 aliphatic heterocycles. The molecule has 1 N–H and O–H groups in total. The average molecular weight is 247 g/mol. The molecule has 0 saturated carbocycles. The van der Waals surface area contributed by atoms with Gasteiger partial charge < -0.3 is 14.4 Å². The van der Waals surface area contributed by atoms with Gasteiger partial charge in [0.2, 0.25) is 0 Å². The number of hydrogen-bond donors (Lipinski definition) is 1. The lowest BCUT2D eigenvalue weighted by Gasteiger charge is -2.10. The van der Waals surface area contributed by atoms with Crippen molar-refractivity contribution in [3.05, 3.63) is 24.3 Å². The monoisotopic (exact) mass is 247 g/mol. The standard InChI is InChI=1S/C12H13N3O3/c1-15-8-6-13-5-4-7(8)14-11(15)9-2-3-10(18-9)12(16)17/h4-6,9-10H,2-3H2,1H3,(H,16,17). The fraction of sp³-hybridized carbons (Fsp3) is 0.417. The zero-order valence-corrected chi connectivity index (χ0v) is 9.91. The summed E-state index contributed by atoms with van der Waals surface area (Å²) in [5.41, 5.74) is 1.78. The first-order valence-electron chi connectivity index (χ1n) is 5.81. The van der Waals surface area contributed by atoms with Crippen molar-refractivity contribution >= 4 is 17.0 Å². The molecule has 3 heterocycles. The summed E-state index contributed by atoms with van der Waals surface area (Å²) >= 11 is 0. The fourth-order valence-electron chi connectivity index (χ4n) is 2.35. The van der Waals surface area contributed by atoms with Crippen LogP contribution in [0, 0.1) is 0 Å². The number of pyridine rings is 1. The summed E-state index contributed by atoms with van der Waals surface area (Å²) in [7, 11) is 1.89. The van der Waals surface area contributed by atoms with Gasteiger partial charge in [-0.3, -0.25) is 4.98 Å². The number of aromatic nitrogens is 3. The van der Waals surface area contributed by atoms with Crippen molar-refractivity contribution < 1.29 is 14.6 Å². The van der Waals surface area contributed by atoms with Crippen molar-refractivity contribution in [2.75, 3.05) is 0 Å². The maximum Gasteiger partial charge on any atom is 0.332 e. The minimum absolute atomic E-state index is 0.247. The lowest BCUT2D eigenvalue weighted by atomic mass is 10.2. The summed E-state index contributed by atoms with van der Waals surface area (Å²) in [6, 6.07) is 1.84. The molecule has 2 aromatic rings. The summed E-state index contributed by atoms with van der Waals surface area (Å²) in [5, 5.41) is 8.92. The number of aryl methyl sites for hydroxylation is 1. The van der Waals surface area contributed by atoms with Crippen molar-refractivity contribution in [3.8, 4) is 0 Å². The molecule has 1 saturated heterocycles. The summed E-state index contributed by atoms with van der Waals surface area (Å²) in [6.07, 6.45) is 3.68. The molecule has 6 nitrogen and oxygen atoms in total. The lowest BCUT2D eigenvalue weighted by Crippen LogP contribution is -2.19. The molecule has 0 aliphatic carbocycles. The molecular weight excluding hydrogens is 234 g/mol. The van der Waals surface area contributed by atoms with Crippen molar-refractivity contribution in [2.45, 2.75) is 25.0 Å². The number of imidazole rings is 1. The van der Waals surface area contributed by atoms with Crippen molar-refractivity contribution in [1.82, 2.24) is 14.5 Å². The van der Waals surface area contributed by atoms with Crippen LogP contribution >= 0.6 is 0 Å². The minimum Gasteiger partial charge on any atom is -0.479 e. The first-order chi connectivity index (χ1) is 8.66. The molecular formula is C12H13N3O3. The van der Waals surface area contributed by atoms with Crippen LogP contribution in [0.2, 0.25) is 0 Å². The Kier molecular flexibility index (Phi) is 2.52. The Hall–Kier alpha value is -1.95. The number of carboxylic acids is 1. The fourth-order valence-corrected chi connectivity index (χ4v) is 2.35. The number of carboxylic acid groups (broad SMARTS) is 1. The van der Waals surface area contributed by atoms with E-state index in [0.717, 1.165) is 16.9 Å². The normalized spacial score (nSPS) is 23.6. The van der Waals surface area contributed by atoms with E-state index in [0.29, 0.717) is 12.8 Å². The zero-order chi connectivity index (χ0) is 12.7. The number of aliphatic carboxylic acids is 1. The second kappa shape index (κ2) is 4.06. The van der Waals surface area contributed by atoms with Gasteiger partial charge in [-0.2, -0.15) is 0 Å². The molecule has 3 rings (SSSR count). The van der Waals surface area contributed by atoms with Gasteiger partial charge in [0.05, 0.1) is 17.2 Å². The Morgan fingerprint density at radius 2 is 2.39 bits per heavy atom. The van der Waals surface area contributed by atoms with Crippen LogP contribution in [-0.4, -0.2) is 31.7 Å². The molecule has 0 radical (unpaired) electrons. The molecule has 1 aliphatic rings. The average Bonchev–Trinajstić information content (AvgIpc) is 2.95. The smallest absolute Gasteiger partial charge is 0.332 e. The SMILES string of the molecule is Cn1c(C2CCC(C(=O)O)O2)nc2ccncc21. The van der Waals surface area contributed by atoms with E-state index >= 15 is 0 Å². The van der Waals surface area contributed by atoms with E-state index in [1.165, 1.54) is 0 Å². The van der Waals surface area contributed by atoms with Crippen LogP contribution in [0.3, 0.4) is 0 Å². The van der Waals surface area contributed by atoms with Gasteiger partial charge in [0.25, 0.3) is 0 Å². The van der Waals surface area contributed by atoms with Crippen LogP contribution < -0.4 is 0 Å². The summed E-state index contributed by atoms with van der Waals surface area (Å²) < 4.78 is 7.43. The quantitative estimate of drug-likeness (QED) is 0.864. The van der Waals surface area contributed by atoms with Gasteiger partial charge in [0, 0.05) is 13.2 Å². The summed E-state index contributed by atoms with van der Waals surface area (Å²) in [5.74, 6) is -0.139. The summed E-state index contributed by atoms with van der Waals surface area (Å²) in [6.45, 7) is 0. The molecule has 0 spiro atoms. The molecule has 0 bridgehead atoms. The van der Waals surface area contributed by atoms with Gasteiger partial charge in [-0.25, -0.2) is 9.78 Å². The van der Waals surface area contributed by atoms with E-state index in [1.807, 2.05) is 17.7 Å². The lowest BCUT2D eigenvalue weighted by molar-refractivity contribution is -0.149. The predicted octanol–water partition coefficient (Wildman–Crippen LogP) is 1.27. The van der Waals surface area contributed by atoms with E-state index in [1.54, 1.807) is 12.4 Å². The molecule has 2 atom stereocenters. The highest BCUT2D eigenvalue weighted by molar-refractivity contribution is 5.75. The molecule has 6 heteroatoms. The van der Waals surface area contributed by atoms with E-state index in [2.05, 4.69) is 9.97 Å². The Balaban J connectivity index is 1.96. The van der Waals surface area contributed by atoms with E-state index in [9.17, 15) is 4.79 Å². The maximum atomic E-state index is 10.9. The number of fused-ring (bicyclic) bond motifs is 1. The van der Waals surface area contributed by atoms with Crippen molar-refractivity contribution in [2.24, 2.45) is 7.05 Å². The van der Waals surface area contributed by atoms with Crippen LogP contribution in [0.15, 0.2) is 18.5 Å². The predicted molar refractivity (Wildman–Crippen MR) is 63.0 cm³/mol. The second-order valence-electron chi connectivity index (χ2n) is 4.42. The number of hydrogen-bond acceptors (Lipinski definition) is 4. The molecule has 1 fully saturated rings. The van der Waals surface area contributed by atoms with Gasteiger partial charge in [-0.05, 0) is 18.9 Å². The summed E-state index contributed by atoms with van der Waals surface area (Å²) in [4.78, 5) is 19.4. The third kappa shape index (κ3) is 1.65. The van der Waals surface area contributed by atoms with Crippen LogP contribution in [0.25, 0.3) is 11.0 Å². The Bertz CT molecular complexity index is 608. The van der Waals surface area contributed by atoms with Crippen LogP contribution in [0.1, 0.15) is 24.8 Å². The van der Waals surface area contributed by atoms with E-state index in [4.69, 9.17) is 9.84 Å². The molecule has 2 unspecified atom stereocenters. The van der Waals surface area contributed by atoms with Crippen molar-refractivity contribution in [1.29, 1.82) is 0 Å². The van der Waals surface area contributed by atoms with E-state index in [-0.39, 0.29) is 6.10 Å². The van der Waals surface area contributed by atoms with Gasteiger partial charge in [0.1, 0.15) is 11.9 Å². The highest BCUT2D eigenvalue weighted by atomic mass is 16.5. The zero-order valence-electron chi connectivity index (χ0n) is 9.91. The Labute approximate surface area is 103 Å². The van der Waals surface area contributed by atoms with Crippen LogP contribution in [0.4, 0.5) is 0 Å². The Morgan fingerprint density at radius 3 is 3.06 bits per heavy atom. The molecule has 2 aromatic heterocycles. The van der Waals surface area contributed by atoms with E-state index < -0.39 is 12.1 Å². The van der Waals surface area contributed by atoms with Crippen molar-refractivity contribution in [3.63, 3.8) is 0 Å². The first-order valence-corrected chi connectivity index (χ1v) is 5.81. The second-order valence-corrected chi connectivity index (χ2v) is 4.42. The number of carbonyl (C=O) groups is 1. The number of ether oxygens (including phenoxy) is 1. The van der Waals surface area contributed by atoms with Gasteiger partial charge in [0.15, 0.2) is 6.10 Å². The largest absolute Gasteiger partial charge is 0.479 e. The highest BCUT2D eigenvalue weighted by Crippen LogP contribution is 2.33. The van der Waals surface area contributed by atoms with Gasteiger partial charge in [-0.1, -0.05) is 0 Å². The van der Waals surface area contributed by atoms with Gasteiger partial charge >= 0.3 is 5.97 Å².